The van der Waals surface area contributed by atoms with Crippen molar-refractivity contribution in [1.82, 2.24) is 21.2 Å². The number of carbonyl (C=O) groups is 2. The summed E-state index contributed by atoms with van der Waals surface area (Å²) < 4.78 is 52.6. The van der Waals surface area contributed by atoms with E-state index in [1.54, 1.807) is 0 Å². The van der Waals surface area contributed by atoms with Crippen LogP contribution in [-0.4, -0.2) is 21.9 Å². The van der Waals surface area contributed by atoms with Gasteiger partial charge in [0.15, 0.2) is 28.4 Å². The minimum absolute atomic E-state index is 0.182. The van der Waals surface area contributed by atoms with E-state index >= 15 is 0 Å². The summed E-state index contributed by atoms with van der Waals surface area (Å²) in [6.07, 6.45) is 2.74. The second-order valence-corrected chi connectivity index (χ2v) is 4.85. The van der Waals surface area contributed by atoms with Crippen LogP contribution in [0.4, 0.5) is 17.6 Å². The Morgan fingerprint density at radius 2 is 1.56 bits per heavy atom. The summed E-state index contributed by atoms with van der Waals surface area (Å²) in [5, 5.41) is 1.39. The number of nitrogens with zero attached hydrogens (tertiary/aromatic N) is 1. The third kappa shape index (κ3) is 4.26. The number of hydrogen-bond donors (Lipinski definition) is 3. The number of aromatic nitrogens is 1. The zero-order valence-corrected chi connectivity index (χ0v) is 12.9. The highest BCUT2D eigenvalue weighted by Gasteiger charge is 2.23. The Balaban J connectivity index is 1.99. The molecular weight excluding hydrogens is 364 g/mol. The van der Waals surface area contributed by atoms with Crippen molar-refractivity contribution in [1.29, 1.82) is 0 Å². The molecule has 0 saturated heterocycles. The summed E-state index contributed by atoms with van der Waals surface area (Å²) in [5.41, 5.74) is 3.40. The molecule has 0 unspecified atom stereocenters. The van der Waals surface area contributed by atoms with Crippen LogP contribution < -0.4 is 16.2 Å². The molecule has 0 spiro atoms. The molecule has 0 aliphatic heterocycles. The topological polar surface area (TPSA) is 83.1 Å². The zero-order chi connectivity index (χ0) is 18.6. The maximum absolute atomic E-state index is 13.5. The smallest absolute Gasteiger partial charge is 0.269 e. The van der Waals surface area contributed by atoms with Gasteiger partial charge in [-0.1, -0.05) is 0 Å². The monoisotopic (exact) mass is 372 g/mol. The number of thiocarbonyl (C=S) groups is 1. The molecule has 11 heteroatoms. The van der Waals surface area contributed by atoms with E-state index in [9.17, 15) is 27.2 Å². The fraction of sp³-hybridized carbons (Fsp3) is 0. The first-order valence-electron chi connectivity index (χ1n) is 6.46. The van der Waals surface area contributed by atoms with Gasteiger partial charge in [-0.15, -0.1) is 0 Å². The quantitative estimate of drug-likeness (QED) is 0.245. The van der Waals surface area contributed by atoms with Gasteiger partial charge in [-0.05, 0) is 30.4 Å². The first-order valence-corrected chi connectivity index (χ1v) is 6.86. The average molecular weight is 372 g/mol. The number of carbonyl (C=O) groups excluding carboxylic acids is 2. The summed E-state index contributed by atoms with van der Waals surface area (Å²) in [4.78, 5) is 27.2. The highest BCUT2D eigenvalue weighted by atomic mass is 32.1. The molecule has 3 N–H and O–H groups in total. The molecule has 2 aromatic rings. The number of rotatable bonds is 2. The summed E-state index contributed by atoms with van der Waals surface area (Å²) in [6, 6.07) is 2.98. The maximum atomic E-state index is 13.5. The van der Waals surface area contributed by atoms with Crippen molar-refractivity contribution >= 4 is 29.1 Å². The molecule has 1 aromatic carbocycles. The van der Waals surface area contributed by atoms with Gasteiger partial charge in [0, 0.05) is 18.0 Å². The zero-order valence-electron chi connectivity index (χ0n) is 12.1. The van der Waals surface area contributed by atoms with Crippen molar-refractivity contribution in [2.75, 3.05) is 0 Å². The number of benzene rings is 1. The molecule has 1 heterocycles. The molecule has 2 amide bonds. The Morgan fingerprint density at radius 3 is 2.20 bits per heavy atom. The van der Waals surface area contributed by atoms with Gasteiger partial charge >= 0.3 is 0 Å². The number of nitrogens with one attached hydrogen (secondary N) is 3. The fourth-order valence-corrected chi connectivity index (χ4v) is 1.77. The van der Waals surface area contributed by atoms with Gasteiger partial charge in [0.05, 0.1) is 5.56 Å². The third-order valence-electron chi connectivity index (χ3n) is 2.81. The van der Waals surface area contributed by atoms with Crippen molar-refractivity contribution in [3.05, 3.63) is 65.0 Å². The van der Waals surface area contributed by atoms with Crippen molar-refractivity contribution in [3.8, 4) is 0 Å². The largest absolute Gasteiger partial charge is 0.298 e. The molecule has 0 aliphatic rings. The summed E-state index contributed by atoms with van der Waals surface area (Å²) in [6.45, 7) is 0. The van der Waals surface area contributed by atoms with E-state index in [0.717, 1.165) is 0 Å². The van der Waals surface area contributed by atoms with E-state index in [0.29, 0.717) is 0 Å². The van der Waals surface area contributed by atoms with Crippen LogP contribution in [0.25, 0.3) is 0 Å². The molecule has 2 rings (SSSR count). The SMILES string of the molecule is O=C(NNC(=S)NC(=O)c1cc(F)c(F)c(F)c1F)c1ccncc1. The lowest BCUT2D eigenvalue weighted by Gasteiger charge is -2.11. The van der Waals surface area contributed by atoms with Gasteiger partial charge in [-0.25, -0.2) is 17.6 Å². The molecular formula is C14H8F4N4O2S. The van der Waals surface area contributed by atoms with Gasteiger partial charge in [0.1, 0.15) is 0 Å². The van der Waals surface area contributed by atoms with E-state index in [1.165, 1.54) is 24.5 Å². The van der Waals surface area contributed by atoms with Crippen LogP contribution >= 0.6 is 12.2 Å². The molecule has 0 radical (unpaired) electrons. The van der Waals surface area contributed by atoms with Gasteiger partial charge in [0.2, 0.25) is 0 Å². The molecule has 0 atom stereocenters. The number of hydrazine groups is 1. The van der Waals surface area contributed by atoms with E-state index < -0.39 is 45.8 Å². The van der Waals surface area contributed by atoms with E-state index in [4.69, 9.17) is 0 Å². The van der Waals surface area contributed by atoms with Crippen LogP contribution in [0, 0.1) is 23.3 Å². The van der Waals surface area contributed by atoms with Crippen molar-refractivity contribution in [3.63, 3.8) is 0 Å². The first kappa shape index (κ1) is 18.3. The van der Waals surface area contributed by atoms with Crippen LogP contribution in [-0.2, 0) is 0 Å². The summed E-state index contributed by atoms with van der Waals surface area (Å²) >= 11 is 4.68. The highest BCUT2D eigenvalue weighted by molar-refractivity contribution is 7.80. The van der Waals surface area contributed by atoms with Crippen LogP contribution in [0.15, 0.2) is 30.6 Å². The molecule has 6 nitrogen and oxygen atoms in total. The van der Waals surface area contributed by atoms with Gasteiger partial charge < -0.3 is 0 Å². The van der Waals surface area contributed by atoms with Crippen molar-refractivity contribution in [2.45, 2.75) is 0 Å². The summed E-state index contributed by atoms with van der Waals surface area (Å²) in [7, 11) is 0. The standard InChI is InChI=1S/C14H8F4N4O2S/c15-8-5-7(9(16)11(18)10(8)17)13(24)20-14(25)22-21-12(23)6-1-3-19-4-2-6/h1-5H,(H,21,23)(H2,20,22,24,25). The Kier molecular flexibility index (Phi) is 5.60. The molecule has 0 fully saturated rings. The molecule has 0 bridgehead atoms. The lowest BCUT2D eigenvalue weighted by molar-refractivity contribution is 0.0933. The van der Waals surface area contributed by atoms with Gasteiger partial charge in [0.25, 0.3) is 11.8 Å². The maximum Gasteiger partial charge on any atom is 0.269 e. The fourth-order valence-electron chi connectivity index (χ4n) is 1.63. The van der Waals surface area contributed by atoms with Crippen LogP contribution in [0.5, 0.6) is 0 Å². The minimum atomic E-state index is -2.13. The first-order chi connectivity index (χ1) is 11.8. The van der Waals surface area contributed by atoms with Crippen LogP contribution in [0.2, 0.25) is 0 Å². The molecule has 0 aliphatic carbocycles. The lowest BCUT2D eigenvalue weighted by atomic mass is 10.1. The predicted molar refractivity (Wildman–Crippen MR) is 81.2 cm³/mol. The van der Waals surface area contributed by atoms with Crippen LogP contribution in [0.1, 0.15) is 20.7 Å². The summed E-state index contributed by atoms with van der Waals surface area (Å²) in [5.74, 6) is -9.75. The molecule has 130 valence electrons. The minimum Gasteiger partial charge on any atom is -0.298 e. The van der Waals surface area contributed by atoms with E-state index in [1.807, 2.05) is 5.32 Å². The average Bonchev–Trinajstić information content (AvgIpc) is 2.61. The number of pyridine rings is 1. The normalized spacial score (nSPS) is 10.1. The lowest BCUT2D eigenvalue weighted by Crippen LogP contribution is -2.48. The van der Waals surface area contributed by atoms with Crippen LogP contribution in [0.3, 0.4) is 0 Å². The predicted octanol–water partition coefficient (Wildman–Crippen LogP) is 1.59. The van der Waals surface area contributed by atoms with Crippen molar-refractivity contribution in [2.24, 2.45) is 0 Å². The van der Waals surface area contributed by atoms with Gasteiger partial charge in [-0.3, -0.25) is 30.7 Å². The molecule has 0 saturated carbocycles. The second-order valence-electron chi connectivity index (χ2n) is 4.45. The second kappa shape index (κ2) is 7.66. The number of amides is 2. The van der Waals surface area contributed by atoms with Crippen molar-refractivity contribution < 1.29 is 27.2 Å². The molecule has 1 aromatic heterocycles. The Bertz CT molecular complexity index is 848. The highest BCUT2D eigenvalue weighted by Crippen LogP contribution is 2.18. The Morgan fingerprint density at radius 1 is 0.920 bits per heavy atom. The van der Waals surface area contributed by atoms with Gasteiger partial charge in [-0.2, -0.15) is 0 Å². The number of halogens is 4. The Hall–Kier alpha value is -3.08. The Labute approximate surface area is 143 Å². The number of hydrogen-bond acceptors (Lipinski definition) is 4. The molecule has 25 heavy (non-hydrogen) atoms. The third-order valence-corrected chi connectivity index (χ3v) is 3.01. The van der Waals surface area contributed by atoms with E-state index in [2.05, 4.69) is 28.1 Å². The van der Waals surface area contributed by atoms with E-state index in [-0.39, 0.29) is 11.6 Å².